The quantitative estimate of drug-likeness (QED) is 0.667. The van der Waals surface area contributed by atoms with Crippen molar-refractivity contribution in [2.45, 2.75) is 20.3 Å². The lowest BCUT2D eigenvalue weighted by atomic mass is 9.97. The van der Waals surface area contributed by atoms with Gasteiger partial charge in [0.25, 0.3) is 5.91 Å². The van der Waals surface area contributed by atoms with Crippen molar-refractivity contribution in [3.63, 3.8) is 0 Å². The highest BCUT2D eigenvalue weighted by Gasteiger charge is 2.19. The number of rotatable bonds is 8. The average molecular weight is 368 g/mol. The predicted octanol–water partition coefficient (Wildman–Crippen LogP) is 3.67. The van der Waals surface area contributed by atoms with E-state index in [9.17, 15) is 9.59 Å². The van der Waals surface area contributed by atoms with Crippen molar-refractivity contribution < 1.29 is 14.3 Å². The van der Waals surface area contributed by atoms with Gasteiger partial charge in [0.05, 0.1) is 7.11 Å². The number of carbonyl (C=O) groups is 2. The number of Topliss-reactive ketones (excluding diaryl/α,β-unsaturated/α-hetero) is 1. The monoisotopic (exact) mass is 368 g/mol. The second-order valence-corrected chi connectivity index (χ2v) is 6.55. The third kappa shape index (κ3) is 4.88. The maximum absolute atomic E-state index is 12.9. The van der Waals surface area contributed by atoms with E-state index >= 15 is 0 Å². The molecule has 0 aliphatic heterocycles. The molecule has 0 saturated heterocycles. The third-order valence-corrected chi connectivity index (χ3v) is 4.63. The molecule has 0 heterocycles. The van der Waals surface area contributed by atoms with Crippen molar-refractivity contribution in [3.05, 3.63) is 59.2 Å². The Balaban J connectivity index is 2.37. The van der Waals surface area contributed by atoms with Crippen LogP contribution < -0.4 is 9.64 Å². The van der Waals surface area contributed by atoms with Gasteiger partial charge in [0.1, 0.15) is 5.75 Å². The van der Waals surface area contributed by atoms with Gasteiger partial charge in [0.15, 0.2) is 5.78 Å². The summed E-state index contributed by atoms with van der Waals surface area (Å²) in [6.45, 7) is 5.14. The van der Waals surface area contributed by atoms with Gasteiger partial charge in [-0.1, -0.05) is 12.1 Å². The summed E-state index contributed by atoms with van der Waals surface area (Å²) in [5, 5.41) is 0. The van der Waals surface area contributed by atoms with E-state index in [-0.39, 0.29) is 18.1 Å². The minimum absolute atomic E-state index is 0.0273. The van der Waals surface area contributed by atoms with Gasteiger partial charge in [-0.25, -0.2) is 0 Å². The SMILES string of the molecule is CCN(CC)C(=O)c1ccc(OC)cc1CC(=O)c1cccc(N(C)C)c1. The number of ketones is 1. The summed E-state index contributed by atoms with van der Waals surface area (Å²) < 4.78 is 5.30. The normalized spacial score (nSPS) is 10.4. The molecule has 0 atom stereocenters. The number of hydrogen-bond acceptors (Lipinski definition) is 4. The number of amides is 1. The summed E-state index contributed by atoms with van der Waals surface area (Å²) in [6, 6.07) is 12.8. The van der Waals surface area contributed by atoms with E-state index in [4.69, 9.17) is 4.74 Å². The fraction of sp³-hybridized carbons (Fsp3) is 0.364. The van der Waals surface area contributed by atoms with Crippen LogP contribution in [0.5, 0.6) is 5.75 Å². The Morgan fingerprint density at radius 2 is 1.70 bits per heavy atom. The van der Waals surface area contributed by atoms with E-state index in [0.29, 0.717) is 35.5 Å². The van der Waals surface area contributed by atoms with Crippen molar-refractivity contribution in [1.29, 1.82) is 0 Å². The molecule has 0 bridgehead atoms. The molecule has 0 saturated carbocycles. The molecule has 0 N–H and O–H groups in total. The van der Waals surface area contributed by atoms with E-state index in [2.05, 4.69) is 0 Å². The number of hydrogen-bond donors (Lipinski definition) is 0. The van der Waals surface area contributed by atoms with Crippen molar-refractivity contribution in [3.8, 4) is 5.75 Å². The first-order valence-electron chi connectivity index (χ1n) is 9.18. The molecule has 2 aromatic rings. The van der Waals surface area contributed by atoms with Crippen LogP contribution in [0, 0.1) is 0 Å². The summed E-state index contributed by atoms with van der Waals surface area (Å²) in [4.78, 5) is 29.5. The van der Waals surface area contributed by atoms with Gasteiger partial charge in [-0.05, 0) is 49.7 Å². The lowest BCUT2D eigenvalue weighted by Gasteiger charge is -2.21. The van der Waals surface area contributed by atoms with Crippen molar-refractivity contribution in [1.82, 2.24) is 4.90 Å². The van der Waals surface area contributed by atoms with Crippen molar-refractivity contribution in [2.75, 3.05) is 39.2 Å². The van der Waals surface area contributed by atoms with Crippen LogP contribution in [0.15, 0.2) is 42.5 Å². The van der Waals surface area contributed by atoms with Crippen molar-refractivity contribution >= 4 is 17.4 Å². The minimum Gasteiger partial charge on any atom is -0.497 e. The highest BCUT2D eigenvalue weighted by atomic mass is 16.5. The molecule has 0 aliphatic carbocycles. The first-order valence-corrected chi connectivity index (χ1v) is 9.18. The number of carbonyl (C=O) groups excluding carboxylic acids is 2. The van der Waals surface area contributed by atoms with Crippen LogP contribution in [-0.4, -0.2) is 50.9 Å². The molecule has 1 amide bonds. The van der Waals surface area contributed by atoms with Gasteiger partial charge >= 0.3 is 0 Å². The van der Waals surface area contributed by atoms with E-state index in [0.717, 1.165) is 5.69 Å². The molecule has 0 unspecified atom stereocenters. The van der Waals surface area contributed by atoms with Gasteiger partial charge in [-0.15, -0.1) is 0 Å². The molecular weight excluding hydrogens is 340 g/mol. The van der Waals surface area contributed by atoms with Crippen LogP contribution in [0.3, 0.4) is 0 Å². The number of ether oxygens (including phenoxy) is 1. The van der Waals surface area contributed by atoms with Crippen LogP contribution in [0.2, 0.25) is 0 Å². The highest BCUT2D eigenvalue weighted by molar-refractivity contribution is 6.02. The molecule has 0 aliphatic rings. The van der Waals surface area contributed by atoms with E-state index in [1.165, 1.54) is 0 Å². The van der Waals surface area contributed by atoms with E-state index in [1.807, 2.05) is 51.0 Å². The molecule has 0 spiro atoms. The van der Waals surface area contributed by atoms with Crippen molar-refractivity contribution in [2.24, 2.45) is 0 Å². The fourth-order valence-corrected chi connectivity index (χ4v) is 2.97. The molecule has 5 nitrogen and oxygen atoms in total. The summed E-state index contributed by atoms with van der Waals surface area (Å²) in [5.41, 5.74) is 2.83. The van der Waals surface area contributed by atoms with Crippen LogP contribution in [0.1, 0.15) is 40.1 Å². The number of methoxy groups -OCH3 is 1. The van der Waals surface area contributed by atoms with Gasteiger partial charge in [0.2, 0.25) is 0 Å². The Kier molecular flexibility index (Phi) is 6.99. The molecule has 2 aromatic carbocycles. The zero-order valence-electron chi connectivity index (χ0n) is 16.8. The average Bonchev–Trinajstić information content (AvgIpc) is 2.68. The van der Waals surface area contributed by atoms with Crippen LogP contribution in [-0.2, 0) is 6.42 Å². The second-order valence-electron chi connectivity index (χ2n) is 6.55. The Labute approximate surface area is 161 Å². The van der Waals surface area contributed by atoms with Gasteiger partial charge < -0.3 is 14.5 Å². The molecule has 0 fully saturated rings. The van der Waals surface area contributed by atoms with Gasteiger partial charge in [0, 0.05) is 50.4 Å². The Morgan fingerprint density at radius 1 is 1.00 bits per heavy atom. The second kappa shape index (κ2) is 9.21. The zero-order valence-corrected chi connectivity index (χ0v) is 16.8. The lowest BCUT2D eigenvalue weighted by molar-refractivity contribution is 0.0772. The molecule has 5 heteroatoms. The number of anilines is 1. The molecule has 2 rings (SSSR count). The van der Waals surface area contributed by atoms with Crippen LogP contribution >= 0.6 is 0 Å². The molecule has 0 radical (unpaired) electrons. The predicted molar refractivity (Wildman–Crippen MR) is 109 cm³/mol. The van der Waals surface area contributed by atoms with E-state index in [1.54, 1.807) is 36.3 Å². The van der Waals surface area contributed by atoms with E-state index < -0.39 is 0 Å². The largest absolute Gasteiger partial charge is 0.497 e. The summed E-state index contributed by atoms with van der Waals surface area (Å²) in [5.74, 6) is 0.545. The Hall–Kier alpha value is -2.82. The molecular formula is C22H28N2O3. The molecule has 27 heavy (non-hydrogen) atoms. The fourth-order valence-electron chi connectivity index (χ4n) is 2.97. The van der Waals surface area contributed by atoms with Gasteiger partial charge in [-0.2, -0.15) is 0 Å². The Bertz CT molecular complexity index is 811. The molecule has 0 aromatic heterocycles. The van der Waals surface area contributed by atoms with Crippen LogP contribution in [0.25, 0.3) is 0 Å². The number of benzene rings is 2. The summed E-state index contributed by atoms with van der Waals surface area (Å²) in [7, 11) is 5.45. The third-order valence-electron chi connectivity index (χ3n) is 4.63. The highest BCUT2D eigenvalue weighted by Crippen LogP contribution is 2.22. The molecule has 144 valence electrons. The first-order chi connectivity index (χ1) is 12.9. The topological polar surface area (TPSA) is 49.9 Å². The Morgan fingerprint density at radius 3 is 2.30 bits per heavy atom. The standard InChI is InChI=1S/C22H28N2O3/c1-6-24(7-2)22(26)20-12-11-19(27-5)14-17(20)15-21(25)16-9-8-10-18(13-16)23(3)4/h8-14H,6-7,15H2,1-5H3. The number of nitrogens with zero attached hydrogens (tertiary/aromatic N) is 2. The van der Waals surface area contributed by atoms with Gasteiger partial charge in [-0.3, -0.25) is 9.59 Å². The lowest BCUT2D eigenvalue weighted by Crippen LogP contribution is -2.31. The maximum atomic E-state index is 12.9. The minimum atomic E-state index is -0.0625. The first kappa shape index (κ1) is 20.5. The zero-order chi connectivity index (χ0) is 20.0. The summed E-state index contributed by atoms with van der Waals surface area (Å²) in [6.07, 6.45) is 0.149. The maximum Gasteiger partial charge on any atom is 0.254 e. The smallest absolute Gasteiger partial charge is 0.254 e. The van der Waals surface area contributed by atoms with Crippen LogP contribution in [0.4, 0.5) is 5.69 Å². The summed E-state index contributed by atoms with van der Waals surface area (Å²) >= 11 is 0.